The molecule has 0 saturated carbocycles. The zero-order chi connectivity index (χ0) is 35.7. The molecule has 2 nitrogen and oxygen atoms in total. The van der Waals surface area contributed by atoms with Crippen molar-refractivity contribution in [3.63, 3.8) is 0 Å². The first-order chi connectivity index (χ1) is 25.7. The van der Waals surface area contributed by atoms with Crippen LogP contribution in [0.2, 0.25) is 0 Å². The first-order valence-electron chi connectivity index (χ1n) is 17.5. The molecule has 9 rings (SSSR count). The second-order valence-corrected chi connectivity index (χ2v) is 13.7. The van der Waals surface area contributed by atoms with Crippen molar-refractivity contribution in [3.8, 4) is 33.4 Å². The first-order valence-corrected chi connectivity index (χ1v) is 18.3. The van der Waals surface area contributed by atoms with Crippen LogP contribution in [0.25, 0.3) is 64.3 Å². The lowest BCUT2D eigenvalue weighted by atomic mass is 9.94. The summed E-state index contributed by atoms with van der Waals surface area (Å²) in [5.41, 5.74) is 16.7. The van der Waals surface area contributed by atoms with Gasteiger partial charge in [0.1, 0.15) is 0 Å². The third kappa shape index (κ3) is 7.62. The Balaban J connectivity index is 0.000000370. The van der Waals surface area contributed by atoms with Crippen molar-refractivity contribution in [1.82, 2.24) is 0 Å². The average molecular weight is 689 g/mol. The second kappa shape index (κ2) is 16.3. The lowest BCUT2D eigenvalue weighted by Gasteiger charge is -2.10. The zero-order valence-electron chi connectivity index (χ0n) is 29.0. The van der Waals surface area contributed by atoms with Gasteiger partial charge in [0.2, 0.25) is 0 Å². The summed E-state index contributed by atoms with van der Waals surface area (Å²) in [7, 11) is 0. The van der Waals surface area contributed by atoms with Crippen molar-refractivity contribution < 1.29 is 0 Å². The van der Waals surface area contributed by atoms with Gasteiger partial charge >= 0.3 is 0 Å². The highest BCUT2D eigenvalue weighted by molar-refractivity contribution is 7.26. The van der Waals surface area contributed by atoms with Crippen LogP contribution in [0, 0.1) is 5.41 Å². The molecule has 3 heteroatoms. The number of nitrogens with two attached hydrogens (primary N) is 1. The molecule has 0 aliphatic heterocycles. The molecule has 252 valence electrons. The average Bonchev–Trinajstić information content (AvgIpc) is 3.61. The van der Waals surface area contributed by atoms with Crippen molar-refractivity contribution in [3.05, 3.63) is 205 Å². The molecule has 0 fully saturated rings. The number of hydrogen-bond acceptors (Lipinski definition) is 3. The van der Waals surface area contributed by atoms with Crippen LogP contribution in [-0.2, 0) is 13.0 Å². The Kier molecular flexibility index (Phi) is 10.7. The van der Waals surface area contributed by atoms with Crippen molar-refractivity contribution in [1.29, 1.82) is 5.41 Å². The predicted molar refractivity (Wildman–Crippen MR) is 227 cm³/mol. The fourth-order valence-electron chi connectivity index (χ4n) is 6.75. The van der Waals surface area contributed by atoms with Gasteiger partial charge in [0.05, 0.1) is 0 Å². The molecule has 0 saturated heterocycles. The van der Waals surface area contributed by atoms with Gasteiger partial charge in [-0.2, -0.15) is 0 Å². The molecule has 0 amide bonds. The number of rotatable bonds is 6. The van der Waals surface area contributed by atoms with Gasteiger partial charge in [0, 0.05) is 26.7 Å². The highest BCUT2D eigenvalue weighted by Gasteiger charge is 2.11. The van der Waals surface area contributed by atoms with Crippen LogP contribution >= 0.6 is 11.3 Å². The summed E-state index contributed by atoms with van der Waals surface area (Å²) in [4.78, 5) is 0. The van der Waals surface area contributed by atoms with Gasteiger partial charge < -0.3 is 11.1 Å². The molecule has 9 aromatic rings. The minimum absolute atomic E-state index is 0.640. The summed E-state index contributed by atoms with van der Waals surface area (Å²) in [6.07, 6.45) is 0.941. The maximum atomic E-state index is 5.50. The molecule has 0 bridgehead atoms. The van der Waals surface area contributed by atoms with Crippen LogP contribution in [0.4, 0.5) is 0 Å². The lowest BCUT2D eigenvalue weighted by Crippen LogP contribution is -1.94. The molecule has 1 aromatic heterocycles. The van der Waals surface area contributed by atoms with Crippen LogP contribution in [0.15, 0.2) is 188 Å². The fourth-order valence-corrected chi connectivity index (χ4v) is 7.97. The van der Waals surface area contributed by atoms with Crippen molar-refractivity contribution in [2.45, 2.75) is 13.0 Å². The van der Waals surface area contributed by atoms with E-state index in [1.54, 1.807) is 0 Å². The zero-order valence-corrected chi connectivity index (χ0v) is 29.8. The Morgan fingerprint density at radius 3 is 1.54 bits per heavy atom. The monoisotopic (exact) mass is 688 g/mol. The number of fused-ring (bicyclic) bond motifs is 5. The summed E-state index contributed by atoms with van der Waals surface area (Å²) in [5, 5.41) is 10.8. The van der Waals surface area contributed by atoms with E-state index in [9.17, 15) is 0 Å². The fraction of sp³-hybridized carbons (Fsp3) is 0.0408. The number of nitrogens with one attached hydrogen (secondary N) is 1. The van der Waals surface area contributed by atoms with Gasteiger partial charge in [-0.25, -0.2) is 0 Å². The Hall–Kier alpha value is -6.13. The van der Waals surface area contributed by atoms with Crippen molar-refractivity contribution in [2.24, 2.45) is 5.73 Å². The SMILES string of the molecule is C=N.NCc1ccccc1.c1ccc(Cc2cccc(-c3cccc(-c4cccc(-c5ccc6sc7c8ccccc8ccc7c6c5)c4)c3)c2)cc1. The van der Waals surface area contributed by atoms with Crippen molar-refractivity contribution in [2.75, 3.05) is 0 Å². The summed E-state index contributed by atoms with van der Waals surface area (Å²) in [6.45, 7) is 3.14. The lowest BCUT2D eigenvalue weighted by molar-refractivity contribution is 1.07. The van der Waals surface area contributed by atoms with Gasteiger partial charge in [-0.3, -0.25) is 0 Å². The molecule has 0 radical (unpaired) electrons. The van der Waals surface area contributed by atoms with Gasteiger partial charge in [-0.05, 0) is 98.2 Å². The smallest absolute Gasteiger partial charge is 0.0433 e. The molecule has 8 aromatic carbocycles. The highest BCUT2D eigenvalue weighted by atomic mass is 32.1. The van der Waals surface area contributed by atoms with Crippen LogP contribution in [0.5, 0.6) is 0 Å². The Bertz CT molecular complexity index is 2570. The molecular formula is C49H40N2S. The van der Waals surface area contributed by atoms with E-state index in [2.05, 4.69) is 164 Å². The standard InChI is InChI=1S/C41H28S.C7H9N.CH3N/c1-2-9-28(10-3-1)23-29-11-6-13-31(24-29)32-14-7-15-33(25-32)34-16-8-17-35(26-34)36-20-22-40-39(27-36)38-21-19-30-12-4-5-18-37(30)41(38)42-40;8-6-7-4-2-1-3-5-7;1-2/h1-22,24-27H,23H2;1-5H,6,8H2;2H,1H2. The third-order valence-corrected chi connectivity index (χ3v) is 10.6. The third-order valence-electron chi connectivity index (χ3n) is 9.34. The molecule has 0 unspecified atom stereocenters. The first kappa shape index (κ1) is 34.3. The van der Waals surface area contributed by atoms with E-state index in [0.29, 0.717) is 6.54 Å². The maximum absolute atomic E-state index is 5.50. The van der Waals surface area contributed by atoms with Crippen LogP contribution in [0.1, 0.15) is 16.7 Å². The van der Waals surface area contributed by atoms with E-state index < -0.39 is 0 Å². The predicted octanol–water partition coefficient (Wildman–Crippen LogP) is 13.2. The van der Waals surface area contributed by atoms with Gasteiger partial charge in [-0.15, -0.1) is 11.3 Å². The minimum Gasteiger partial charge on any atom is -0.326 e. The number of hydrogen-bond donors (Lipinski definition) is 2. The number of thiophene rings is 1. The van der Waals surface area contributed by atoms with Gasteiger partial charge in [0.25, 0.3) is 0 Å². The Labute approximate surface area is 310 Å². The molecule has 0 atom stereocenters. The largest absolute Gasteiger partial charge is 0.326 e. The van der Waals surface area contributed by atoms with Crippen LogP contribution in [0.3, 0.4) is 0 Å². The van der Waals surface area contributed by atoms with E-state index in [0.717, 1.165) is 6.42 Å². The molecule has 0 aliphatic rings. The molecular weight excluding hydrogens is 649 g/mol. The Morgan fingerprint density at radius 2 is 0.923 bits per heavy atom. The van der Waals surface area contributed by atoms with Crippen LogP contribution < -0.4 is 5.73 Å². The second-order valence-electron chi connectivity index (χ2n) is 12.7. The van der Waals surface area contributed by atoms with E-state index in [4.69, 9.17) is 11.1 Å². The van der Waals surface area contributed by atoms with Gasteiger partial charge in [0.15, 0.2) is 0 Å². The maximum Gasteiger partial charge on any atom is 0.0433 e. The van der Waals surface area contributed by atoms with E-state index >= 15 is 0 Å². The molecule has 0 aliphatic carbocycles. The van der Waals surface area contributed by atoms with Crippen LogP contribution in [-0.4, -0.2) is 6.72 Å². The summed E-state index contributed by atoms with van der Waals surface area (Å²) in [6, 6.07) is 67.7. The minimum atomic E-state index is 0.640. The van der Waals surface area contributed by atoms with Gasteiger partial charge in [-0.1, -0.05) is 164 Å². The normalized spacial score (nSPS) is 10.7. The topological polar surface area (TPSA) is 49.9 Å². The van der Waals surface area contributed by atoms with Crippen molar-refractivity contribution >= 4 is 49.0 Å². The Morgan fingerprint density at radius 1 is 0.404 bits per heavy atom. The quantitative estimate of drug-likeness (QED) is 0.168. The molecule has 3 N–H and O–H groups in total. The molecule has 1 heterocycles. The highest BCUT2D eigenvalue weighted by Crippen LogP contribution is 2.40. The molecule has 0 spiro atoms. The number of benzene rings is 8. The molecule has 52 heavy (non-hydrogen) atoms. The van der Waals surface area contributed by atoms with E-state index in [1.165, 1.54) is 81.0 Å². The van der Waals surface area contributed by atoms with E-state index in [1.807, 2.05) is 41.7 Å². The van der Waals surface area contributed by atoms with E-state index in [-0.39, 0.29) is 0 Å². The summed E-state index contributed by atoms with van der Waals surface area (Å²) in [5.74, 6) is 0. The summed E-state index contributed by atoms with van der Waals surface area (Å²) >= 11 is 1.90. The summed E-state index contributed by atoms with van der Waals surface area (Å²) < 4.78 is 2.71.